The van der Waals surface area contributed by atoms with E-state index in [-0.39, 0.29) is 0 Å². The van der Waals surface area contributed by atoms with E-state index in [0.717, 1.165) is 11.1 Å². The summed E-state index contributed by atoms with van der Waals surface area (Å²) in [5.74, 6) is 0. The Morgan fingerprint density at radius 2 is 2.25 bits per heavy atom. The van der Waals surface area contributed by atoms with Crippen LogP contribution < -0.4 is 5.73 Å². The number of hydrogen-bond donors (Lipinski definition) is 1. The first-order valence-corrected chi connectivity index (χ1v) is 6.27. The molecule has 3 rings (SSSR count). The number of aryl methyl sites for hydroxylation is 1. The normalized spacial score (nSPS) is 34.8. The number of nitrogens with two attached hydrogens (primary N) is 1. The van der Waals surface area contributed by atoms with E-state index in [1.165, 1.54) is 0 Å². The summed E-state index contributed by atoms with van der Waals surface area (Å²) in [4.78, 5) is 0. The van der Waals surface area contributed by atoms with Gasteiger partial charge in [-0.15, -0.1) is 0 Å². The maximum absolute atomic E-state index is 11.2. The van der Waals surface area contributed by atoms with Crippen molar-refractivity contribution >= 4 is 10.4 Å². The average molecular weight is 241 g/mol. The van der Waals surface area contributed by atoms with Gasteiger partial charge in [-0.1, -0.05) is 23.8 Å². The molecule has 1 heterocycles. The Hall–Kier alpha value is -0.950. The summed E-state index contributed by atoms with van der Waals surface area (Å²) in [6, 6.07) is 5.65. The topological polar surface area (TPSA) is 78.6 Å². The Morgan fingerprint density at radius 3 is 3.00 bits per heavy atom. The van der Waals surface area contributed by atoms with E-state index < -0.39 is 22.2 Å². The third-order valence-corrected chi connectivity index (χ3v) is 3.99. The van der Waals surface area contributed by atoms with Crippen LogP contribution in [0.15, 0.2) is 18.2 Å². The molecule has 6 heteroatoms. The molecule has 0 spiro atoms. The van der Waals surface area contributed by atoms with Gasteiger partial charge in [0.15, 0.2) is 5.72 Å². The fourth-order valence-electron chi connectivity index (χ4n) is 2.33. The van der Waals surface area contributed by atoms with Crippen LogP contribution in [0.4, 0.5) is 0 Å². The second-order valence-electron chi connectivity index (χ2n) is 4.23. The molecule has 86 valence electrons. The van der Waals surface area contributed by atoms with Crippen LogP contribution in [-0.2, 0) is 30.9 Å². The van der Waals surface area contributed by atoms with Crippen molar-refractivity contribution in [3.05, 3.63) is 34.9 Å². The van der Waals surface area contributed by atoms with E-state index in [1.54, 1.807) is 6.07 Å². The Morgan fingerprint density at radius 1 is 1.50 bits per heavy atom. The molecule has 2 N–H and O–H groups in total. The highest BCUT2D eigenvalue weighted by Crippen LogP contribution is 2.44. The molecule has 0 radical (unpaired) electrons. The third-order valence-electron chi connectivity index (χ3n) is 3.04. The van der Waals surface area contributed by atoms with Crippen LogP contribution in [0, 0.1) is 6.92 Å². The second kappa shape index (κ2) is 2.84. The largest absolute Gasteiger partial charge is 0.402 e. The lowest BCUT2D eigenvalue weighted by atomic mass is 10.0. The lowest BCUT2D eigenvalue weighted by Gasteiger charge is -2.19. The molecule has 1 saturated heterocycles. The summed E-state index contributed by atoms with van der Waals surface area (Å²) in [6.07, 6.45) is -0.179. The summed E-state index contributed by atoms with van der Waals surface area (Å²) < 4.78 is 32.1. The Balaban J connectivity index is 2.16. The van der Waals surface area contributed by atoms with Gasteiger partial charge in [-0.05, 0) is 12.5 Å². The molecule has 16 heavy (non-hydrogen) atoms. The number of rotatable bonds is 0. The smallest absolute Gasteiger partial charge is 0.296 e. The van der Waals surface area contributed by atoms with Crippen molar-refractivity contribution in [1.82, 2.24) is 0 Å². The highest BCUT2D eigenvalue weighted by atomic mass is 32.3. The Labute approximate surface area is 93.5 Å². The maximum atomic E-state index is 11.2. The van der Waals surface area contributed by atoms with Crippen molar-refractivity contribution in [3.63, 3.8) is 0 Å². The molecule has 0 aromatic heterocycles. The average Bonchev–Trinajstić information content (AvgIpc) is 2.49. The van der Waals surface area contributed by atoms with Gasteiger partial charge < -0.3 is 0 Å². The van der Waals surface area contributed by atoms with Crippen LogP contribution in [0.1, 0.15) is 16.7 Å². The molecule has 1 unspecified atom stereocenters. The number of hydrogen-bond acceptors (Lipinski definition) is 5. The zero-order valence-corrected chi connectivity index (χ0v) is 9.45. The maximum Gasteiger partial charge on any atom is 0.402 e. The van der Waals surface area contributed by atoms with Gasteiger partial charge in [-0.2, -0.15) is 8.42 Å². The van der Waals surface area contributed by atoms with Crippen LogP contribution >= 0.6 is 0 Å². The Kier molecular flexibility index (Phi) is 1.81. The summed E-state index contributed by atoms with van der Waals surface area (Å²) >= 11 is 0. The molecule has 1 aromatic rings. The third kappa shape index (κ3) is 1.24. The minimum atomic E-state index is -3.94. The highest BCUT2D eigenvalue weighted by molar-refractivity contribution is 7.82. The first kappa shape index (κ1) is 10.2. The molecule has 1 fully saturated rings. The van der Waals surface area contributed by atoms with Crippen molar-refractivity contribution in [2.75, 3.05) is 0 Å². The second-order valence-corrected chi connectivity index (χ2v) is 5.41. The minimum Gasteiger partial charge on any atom is -0.296 e. The van der Waals surface area contributed by atoms with Crippen molar-refractivity contribution in [1.29, 1.82) is 0 Å². The van der Waals surface area contributed by atoms with Crippen LogP contribution in [0.25, 0.3) is 0 Å². The van der Waals surface area contributed by atoms with E-state index in [0.29, 0.717) is 12.0 Å². The van der Waals surface area contributed by atoms with Gasteiger partial charge in [-0.25, -0.2) is 8.37 Å². The van der Waals surface area contributed by atoms with Crippen LogP contribution in [0.2, 0.25) is 0 Å². The van der Waals surface area contributed by atoms with Gasteiger partial charge in [0.2, 0.25) is 0 Å². The summed E-state index contributed by atoms with van der Waals surface area (Å²) in [7, 11) is -3.94. The summed E-state index contributed by atoms with van der Waals surface area (Å²) in [5.41, 5.74) is 7.42. The quantitative estimate of drug-likeness (QED) is 0.707. The monoisotopic (exact) mass is 241 g/mol. The van der Waals surface area contributed by atoms with Crippen molar-refractivity contribution in [3.8, 4) is 0 Å². The van der Waals surface area contributed by atoms with E-state index in [1.807, 2.05) is 19.1 Å². The molecule has 2 aliphatic rings. The first-order chi connectivity index (χ1) is 7.41. The van der Waals surface area contributed by atoms with E-state index >= 15 is 0 Å². The summed E-state index contributed by atoms with van der Waals surface area (Å²) in [6.45, 7) is 1.97. The lowest BCUT2D eigenvalue weighted by Crippen LogP contribution is -2.42. The van der Waals surface area contributed by atoms with Crippen molar-refractivity contribution in [2.24, 2.45) is 5.73 Å². The van der Waals surface area contributed by atoms with Gasteiger partial charge in [0, 0.05) is 12.0 Å². The Bertz CT molecular complexity index is 568. The number of benzene rings is 1. The fourth-order valence-corrected chi connectivity index (χ4v) is 3.40. The molecule has 0 bridgehead atoms. The summed E-state index contributed by atoms with van der Waals surface area (Å²) in [5, 5.41) is 0. The van der Waals surface area contributed by atoms with Crippen molar-refractivity contribution in [2.45, 2.75) is 25.2 Å². The lowest BCUT2D eigenvalue weighted by molar-refractivity contribution is 0.0559. The predicted molar refractivity (Wildman–Crippen MR) is 55.6 cm³/mol. The van der Waals surface area contributed by atoms with Crippen molar-refractivity contribution < 1.29 is 16.8 Å². The molecule has 0 amide bonds. The molecule has 1 aliphatic carbocycles. The van der Waals surface area contributed by atoms with Gasteiger partial charge in [0.1, 0.15) is 6.10 Å². The molecular weight excluding hydrogens is 230 g/mol. The molecule has 1 aromatic carbocycles. The zero-order valence-electron chi connectivity index (χ0n) is 8.64. The van der Waals surface area contributed by atoms with Crippen LogP contribution in [0.5, 0.6) is 0 Å². The van der Waals surface area contributed by atoms with Gasteiger partial charge in [0.25, 0.3) is 0 Å². The number of fused-ring (bicyclic) bond motifs is 3. The molecule has 0 saturated carbocycles. The zero-order chi connectivity index (χ0) is 11.6. The van der Waals surface area contributed by atoms with E-state index in [2.05, 4.69) is 0 Å². The molecular formula is C10H11NO4S. The molecule has 2 atom stereocenters. The molecule has 5 nitrogen and oxygen atoms in total. The van der Waals surface area contributed by atoms with Gasteiger partial charge in [-0.3, -0.25) is 5.73 Å². The van der Waals surface area contributed by atoms with E-state index in [4.69, 9.17) is 14.1 Å². The first-order valence-electron chi connectivity index (χ1n) is 4.93. The van der Waals surface area contributed by atoms with Crippen LogP contribution in [-0.4, -0.2) is 14.5 Å². The van der Waals surface area contributed by atoms with Crippen LogP contribution in [0.3, 0.4) is 0 Å². The minimum absolute atomic E-state index is 0.465. The SMILES string of the molecule is Cc1ccc2c(c1)CC1OS(=O)(=O)O[C@@]21N. The van der Waals surface area contributed by atoms with E-state index in [9.17, 15) is 8.42 Å². The van der Waals surface area contributed by atoms with Gasteiger partial charge >= 0.3 is 10.4 Å². The predicted octanol–water partition coefficient (Wildman–Crippen LogP) is 0.323. The molecule has 1 aliphatic heterocycles. The fraction of sp³-hybridized carbons (Fsp3) is 0.400. The standard InChI is InChI=1S/C10H11NO4S/c1-6-2-3-8-7(4-6)5-9-10(8,11)15-16(12,13)14-9/h2-4,9H,5,11H2,1H3/t9?,10-/m0/s1. The highest BCUT2D eigenvalue weighted by Gasteiger charge is 2.56. The van der Waals surface area contributed by atoms with Gasteiger partial charge in [0.05, 0.1) is 0 Å².